The van der Waals surface area contributed by atoms with Crippen LogP contribution in [0, 0.1) is 0 Å². The quantitative estimate of drug-likeness (QED) is 0.718. The molecule has 5 heteroatoms. The SMILES string of the molecule is CC1CCCCN1S(=O)(=O)N1CCCC1. The van der Waals surface area contributed by atoms with E-state index in [9.17, 15) is 8.42 Å². The molecule has 2 saturated heterocycles. The molecule has 1 atom stereocenters. The van der Waals surface area contributed by atoms with Crippen LogP contribution in [0.2, 0.25) is 0 Å². The fourth-order valence-electron chi connectivity index (χ4n) is 2.48. The minimum atomic E-state index is -3.14. The van der Waals surface area contributed by atoms with Crippen LogP contribution in [0.25, 0.3) is 0 Å². The lowest BCUT2D eigenvalue weighted by molar-refractivity contribution is 0.250. The van der Waals surface area contributed by atoms with Gasteiger partial charge >= 0.3 is 0 Å². The maximum atomic E-state index is 12.3. The Morgan fingerprint density at radius 2 is 1.60 bits per heavy atom. The standard InChI is InChI=1S/C10H20N2O2S/c1-10-6-2-3-9-12(10)15(13,14)11-7-4-5-8-11/h10H,2-9H2,1H3. The first-order chi connectivity index (χ1) is 7.12. The van der Waals surface area contributed by atoms with Gasteiger partial charge in [0.15, 0.2) is 0 Å². The molecule has 0 N–H and O–H groups in total. The van der Waals surface area contributed by atoms with Gasteiger partial charge in [-0.3, -0.25) is 0 Å². The van der Waals surface area contributed by atoms with Crippen molar-refractivity contribution in [3.8, 4) is 0 Å². The summed E-state index contributed by atoms with van der Waals surface area (Å²) < 4.78 is 27.8. The lowest BCUT2D eigenvalue weighted by Crippen LogP contribution is -2.48. The van der Waals surface area contributed by atoms with Crippen LogP contribution in [0.15, 0.2) is 0 Å². The lowest BCUT2D eigenvalue weighted by atomic mass is 10.1. The van der Waals surface area contributed by atoms with Crippen molar-refractivity contribution in [1.82, 2.24) is 8.61 Å². The van der Waals surface area contributed by atoms with Gasteiger partial charge in [-0.1, -0.05) is 6.42 Å². The molecule has 88 valence electrons. The third kappa shape index (κ3) is 2.19. The van der Waals surface area contributed by atoms with Gasteiger partial charge in [0.1, 0.15) is 0 Å². The number of hydrogen-bond acceptors (Lipinski definition) is 2. The molecule has 0 aromatic carbocycles. The van der Waals surface area contributed by atoms with E-state index < -0.39 is 10.2 Å². The predicted octanol–water partition coefficient (Wildman–Crippen LogP) is 1.20. The highest BCUT2D eigenvalue weighted by Gasteiger charge is 2.35. The summed E-state index contributed by atoms with van der Waals surface area (Å²) in [5, 5.41) is 0. The largest absolute Gasteiger partial charge is 0.282 e. The summed E-state index contributed by atoms with van der Waals surface area (Å²) >= 11 is 0. The Balaban J connectivity index is 2.12. The van der Waals surface area contributed by atoms with E-state index in [1.807, 2.05) is 6.92 Å². The van der Waals surface area contributed by atoms with Gasteiger partial charge in [-0.05, 0) is 32.6 Å². The summed E-state index contributed by atoms with van der Waals surface area (Å²) in [4.78, 5) is 0. The fourth-order valence-corrected chi connectivity index (χ4v) is 4.42. The third-order valence-corrected chi connectivity index (χ3v) is 5.58. The molecule has 0 bridgehead atoms. The molecule has 0 aromatic heterocycles. The zero-order valence-electron chi connectivity index (χ0n) is 9.35. The van der Waals surface area contributed by atoms with Crippen LogP contribution in [-0.4, -0.2) is 42.7 Å². The van der Waals surface area contributed by atoms with E-state index in [4.69, 9.17) is 0 Å². The van der Waals surface area contributed by atoms with Gasteiger partial charge in [-0.25, -0.2) is 0 Å². The van der Waals surface area contributed by atoms with E-state index in [-0.39, 0.29) is 6.04 Å². The highest BCUT2D eigenvalue weighted by molar-refractivity contribution is 7.86. The maximum absolute atomic E-state index is 12.3. The monoisotopic (exact) mass is 232 g/mol. The van der Waals surface area contributed by atoms with E-state index in [2.05, 4.69) is 0 Å². The van der Waals surface area contributed by atoms with E-state index in [0.29, 0.717) is 19.6 Å². The lowest BCUT2D eigenvalue weighted by Gasteiger charge is -2.34. The second-order valence-electron chi connectivity index (χ2n) is 4.57. The number of rotatable bonds is 2. The fraction of sp³-hybridized carbons (Fsp3) is 1.00. The Morgan fingerprint density at radius 1 is 1.00 bits per heavy atom. The van der Waals surface area contributed by atoms with E-state index >= 15 is 0 Å². The second-order valence-corrected chi connectivity index (χ2v) is 6.45. The van der Waals surface area contributed by atoms with Crippen LogP contribution < -0.4 is 0 Å². The topological polar surface area (TPSA) is 40.6 Å². The average molecular weight is 232 g/mol. The summed E-state index contributed by atoms with van der Waals surface area (Å²) in [5.41, 5.74) is 0. The molecule has 0 saturated carbocycles. The highest BCUT2D eigenvalue weighted by Crippen LogP contribution is 2.24. The first-order valence-electron chi connectivity index (χ1n) is 5.89. The number of piperidine rings is 1. The van der Waals surface area contributed by atoms with Crippen molar-refractivity contribution in [1.29, 1.82) is 0 Å². The highest BCUT2D eigenvalue weighted by atomic mass is 32.2. The van der Waals surface area contributed by atoms with Gasteiger partial charge in [0.25, 0.3) is 10.2 Å². The summed E-state index contributed by atoms with van der Waals surface area (Å²) in [5.74, 6) is 0. The molecule has 0 amide bonds. The summed E-state index contributed by atoms with van der Waals surface area (Å²) in [6.45, 7) is 4.16. The summed E-state index contributed by atoms with van der Waals surface area (Å²) in [7, 11) is -3.14. The minimum Gasteiger partial charge on any atom is -0.195 e. The van der Waals surface area contributed by atoms with E-state index in [1.165, 1.54) is 0 Å². The van der Waals surface area contributed by atoms with Gasteiger partial charge in [0.05, 0.1) is 0 Å². The first-order valence-corrected chi connectivity index (χ1v) is 7.29. The Kier molecular flexibility index (Phi) is 3.33. The second kappa shape index (κ2) is 4.39. The zero-order valence-corrected chi connectivity index (χ0v) is 10.2. The van der Waals surface area contributed by atoms with Crippen LogP contribution in [0.3, 0.4) is 0 Å². The minimum absolute atomic E-state index is 0.185. The van der Waals surface area contributed by atoms with Gasteiger partial charge in [0.2, 0.25) is 0 Å². The maximum Gasteiger partial charge on any atom is 0.282 e. The average Bonchev–Trinajstić information content (AvgIpc) is 2.71. The van der Waals surface area contributed by atoms with Crippen molar-refractivity contribution in [2.45, 2.75) is 45.1 Å². The van der Waals surface area contributed by atoms with Crippen LogP contribution in [-0.2, 0) is 10.2 Å². The molecule has 4 nitrogen and oxygen atoms in total. The molecule has 2 fully saturated rings. The molecule has 2 rings (SSSR count). The predicted molar refractivity (Wildman–Crippen MR) is 59.7 cm³/mol. The number of nitrogens with zero attached hydrogens (tertiary/aromatic N) is 2. The van der Waals surface area contributed by atoms with Crippen molar-refractivity contribution >= 4 is 10.2 Å². The Bertz CT molecular complexity index is 309. The molecule has 15 heavy (non-hydrogen) atoms. The van der Waals surface area contributed by atoms with Crippen molar-refractivity contribution in [2.24, 2.45) is 0 Å². The van der Waals surface area contributed by atoms with Crippen LogP contribution in [0.1, 0.15) is 39.0 Å². The smallest absolute Gasteiger partial charge is 0.195 e. The summed E-state index contributed by atoms with van der Waals surface area (Å²) in [6, 6.07) is 0.185. The first kappa shape index (κ1) is 11.4. The van der Waals surface area contributed by atoms with Gasteiger partial charge < -0.3 is 0 Å². The molecule has 0 radical (unpaired) electrons. The molecule has 0 aliphatic carbocycles. The van der Waals surface area contributed by atoms with Crippen molar-refractivity contribution < 1.29 is 8.42 Å². The van der Waals surface area contributed by atoms with E-state index in [1.54, 1.807) is 8.61 Å². The van der Waals surface area contributed by atoms with Crippen LogP contribution in [0.4, 0.5) is 0 Å². The number of hydrogen-bond donors (Lipinski definition) is 0. The molecule has 2 aliphatic heterocycles. The van der Waals surface area contributed by atoms with Gasteiger partial charge in [-0.2, -0.15) is 17.0 Å². The molecule has 0 spiro atoms. The molecular weight excluding hydrogens is 212 g/mol. The van der Waals surface area contributed by atoms with Gasteiger partial charge in [0, 0.05) is 25.7 Å². The molecule has 0 aromatic rings. The molecule has 2 heterocycles. The van der Waals surface area contributed by atoms with Crippen molar-refractivity contribution in [2.75, 3.05) is 19.6 Å². The molecule has 2 aliphatic rings. The van der Waals surface area contributed by atoms with E-state index in [0.717, 1.165) is 32.1 Å². The van der Waals surface area contributed by atoms with Crippen LogP contribution in [0.5, 0.6) is 0 Å². The van der Waals surface area contributed by atoms with Crippen molar-refractivity contribution in [3.63, 3.8) is 0 Å². The molecule has 1 unspecified atom stereocenters. The zero-order chi connectivity index (χ0) is 10.9. The van der Waals surface area contributed by atoms with Crippen LogP contribution >= 0.6 is 0 Å². The van der Waals surface area contributed by atoms with Gasteiger partial charge in [-0.15, -0.1) is 0 Å². The Labute approximate surface area is 92.4 Å². The summed E-state index contributed by atoms with van der Waals surface area (Å²) in [6.07, 6.45) is 5.21. The van der Waals surface area contributed by atoms with Crippen molar-refractivity contribution in [3.05, 3.63) is 0 Å². The third-order valence-electron chi connectivity index (χ3n) is 3.43. The Hall–Kier alpha value is -0.130. The molecular formula is C10H20N2O2S. The Morgan fingerprint density at radius 3 is 2.20 bits per heavy atom. The normalized spacial score (nSPS) is 30.9.